The second-order valence-electron chi connectivity index (χ2n) is 11.5. The van der Waals surface area contributed by atoms with E-state index < -0.39 is 28.5 Å². The quantitative estimate of drug-likeness (QED) is 0.172. The van der Waals surface area contributed by atoms with Crippen molar-refractivity contribution < 1.29 is 22.7 Å². The molecule has 0 bridgehead atoms. The molecule has 4 rings (SSSR count). The van der Waals surface area contributed by atoms with Gasteiger partial charge >= 0.3 is 0 Å². The van der Waals surface area contributed by atoms with E-state index in [4.69, 9.17) is 16.3 Å². The molecular weight excluding hydrogens is 622 g/mol. The standard InChI is InChI=1S/C36H40ClN3O5S/c1-26(2)23-38-36(42)33(22-28-11-7-5-8-12-28)39(24-29-16-18-30(37)19-17-29)35(41)25-40(32-21-27(3)15-20-34(32)45-4)46(43,44)31-13-9-6-10-14-31/h5-21,26,33H,22-25H2,1-4H3,(H,38,42)/t33-/m0/s1. The molecule has 0 saturated heterocycles. The molecule has 0 aliphatic rings. The Kier molecular flexibility index (Phi) is 11.8. The zero-order valence-electron chi connectivity index (χ0n) is 26.5. The first-order valence-corrected chi connectivity index (χ1v) is 16.9. The number of sulfonamides is 1. The molecular formula is C36H40ClN3O5S. The lowest BCUT2D eigenvalue weighted by molar-refractivity contribution is -0.140. The number of rotatable bonds is 14. The minimum absolute atomic E-state index is 0.0196. The van der Waals surface area contributed by atoms with E-state index in [-0.39, 0.29) is 41.1 Å². The Morgan fingerprint density at radius 1 is 0.870 bits per heavy atom. The maximum atomic E-state index is 14.6. The first kappa shape index (κ1) is 34.5. The average molecular weight is 662 g/mol. The van der Waals surface area contributed by atoms with Crippen LogP contribution in [0.25, 0.3) is 0 Å². The summed E-state index contributed by atoms with van der Waals surface area (Å²) in [6.45, 7) is 5.71. The Morgan fingerprint density at radius 2 is 1.50 bits per heavy atom. The number of ether oxygens (including phenoxy) is 1. The van der Waals surface area contributed by atoms with E-state index in [0.717, 1.165) is 21.0 Å². The summed E-state index contributed by atoms with van der Waals surface area (Å²) in [7, 11) is -2.80. The highest BCUT2D eigenvalue weighted by Crippen LogP contribution is 2.34. The fourth-order valence-corrected chi connectivity index (χ4v) is 6.55. The number of anilines is 1. The number of hydrogen-bond donors (Lipinski definition) is 1. The highest BCUT2D eigenvalue weighted by Gasteiger charge is 2.35. The van der Waals surface area contributed by atoms with E-state index in [0.29, 0.717) is 11.6 Å². The molecule has 0 radical (unpaired) electrons. The Morgan fingerprint density at radius 3 is 2.11 bits per heavy atom. The second kappa shape index (κ2) is 15.8. The van der Waals surface area contributed by atoms with Crippen molar-refractivity contribution in [2.75, 3.05) is 24.5 Å². The Hall–Kier alpha value is -4.34. The molecule has 1 N–H and O–H groups in total. The first-order valence-electron chi connectivity index (χ1n) is 15.1. The van der Waals surface area contributed by atoms with Gasteiger partial charge in [-0.1, -0.05) is 92.2 Å². The van der Waals surface area contributed by atoms with E-state index in [9.17, 15) is 18.0 Å². The van der Waals surface area contributed by atoms with E-state index >= 15 is 0 Å². The summed E-state index contributed by atoms with van der Waals surface area (Å²) in [5, 5.41) is 3.53. The summed E-state index contributed by atoms with van der Waals surface area (Å²) in [4.78, 5) is 30.0. The van der Waals surface area contributed by atoms with Gasteiger partial charge in [-0.2, -0.15) is 0 Å². The number of amides is 2. The van der Waals surface area contributed by atoms with Crippen LogP contribution in [0.1, 0.15) is 30.5 Å². The highest BCUT2D eigenvalue weighted by molar-refractivity contribution is 7.92. The summed E-state index contributed by atoms with van der Waals surface area (Å²) >= 11 is 6.16. The fourth-order valence-electron chi connectivity index (χ4n) is 4.99. The van der Waals surface area contributed by atoms with Crippen molar-refractivity contribution in [1.29, 1.82) is 0 Å². The summed E-state index contributed by atoms with van der Waals surface area (Å²) in [5.41, 5.74) is 2.59. The maximum Gasteiger partial charge on any atom is 0.264 e. The van der Waals surface area contributed by atoms with Crippen LogP contribution in [0.2, 0.25) is 5.02 Å². The molecule has 10 heteroatoms. The third-order valence-electron chi connectivity index (χ3n) is 7.43. The van der Waals surface area contributed by atoms with Crippen LogP contribution in [0.4, 0.5) is 5.69 Å². The molecule has 4 aromatic rings. The predicted octanol–water partition coefficient (Wildman–Crippen LogP) is 6.26. The van der Waals surface area contributed by atoms with Gasteiger partial charge < -0.3 is 15.0 Å². The maximum absolute atomic E-state index is 14.6. The number of nitrogens with zero attached hydrogens (tertiary/aromatic N) is 2. The van der Waals surface area contributed by atoms with Crippen molar-refractivity contribution in [2.24, 2.45) is 5.92 Å². The third kappa shape index (κ3) is 8.89. The van der Waals surface area contributed by atoms with Gasteiger partial charge in [-0.3, -0.25) is 13.9 Å². The first-order chi connectivity index (χ1) is 22.0. The van der Waals surface area contributed by atoms with Gasteiger partial charge in [0.15, 0.2) is 0 Å². The van der Waals surface area contributed by atoms with Gasteiger partial charge in [0.1, 0.15) is 18.3 Å². The normalized spacial score (nSPS) is 12.0. The van der Waals surface area contributed by atoms with Crippen LogP contribution in [0, 0.1) is 12.8 Å². The monoisotopic (exact) mass is 661 g/mol. The van der Waals surface area contributed by atoms with Crippen molar-refractivity contribution >= 4 is 39.1 Å². The summed E-state index contributed by atoms with van der Waals surface area (Å²) < 4.78 is 35.1. The SMILES string of the molecule is COc1ccc(C)cc1N(CC(=O)N(Cc1ccc(Cl)cc1)[C@@H](Cc1ccccc1)C(=O)NCC(C)C)S(=O)(=O)c1ccccc1. The summed E-state index contributed by atoms with van der Waals surface area (Å²) in [6, 6.07) is 28.6. The van der Waals surface area contributed by atoms with Crippen LogP contribution in [0.5, 0.6) is 5.75 Å². The van der Waals surface area contributed by atoms with E-state index in [1.54, 1.807) is 60.7 Å². The molecule has 0 heterocycles. The molecule has 2 amide bonds. The molecule has 4 aromatic carbocycles. The smallest absolute Gasteiger partial charge is 0.264 e. The molecule has 0 fully saturated rings. The molecule has 0 unspecified atom stereocenters. The molecule has 0 aliphatic carbocycles. The van der Waals surface area contributed by atoms with E-state index in [1.807, 2.05) is 51.1 Å². The molecule has 46 heavy (non-hydrogen) atoms. The van der Waals surface area contributed by atoms with E-state index in [1.165, 1.54) is 24.1 Å². The molecule has 1 atom stereocenters. The third-order valence-corrected chi connectivity index (χ3v) is 9.46. The largest absolute Gasteiger partial charge is 0.495 e. The predicted molar refractivity (Wildman–Crippen MR) is 182 cm³/mol. The minimum atomic E-state index is -4.25. The molecule has 0 saturated carbocycles. The van der Waals surface area contributed by atoms with Crippen molar-refractivity contribution in [3.63, 3.8) is 0 Å². The van der Waals surface area contributed by atoms with Crippen LogP contribution in [-0.4, -0.2) is 51.4 Å². The Bertz CT molecular complexity index is 1720. The van der Waals surface area contributed by atoms with E-state index in [2.05, 4.69) is 5.32 Å². The second-order valence-corrected chi connectivity index (χ2v) is 13.8. The van der Waals surface area contributed by atoms with Crippen molar-refractivity contribution in [2.45, 2.75) is 44.7 Å². The fraction of sp³-hybridized carbons (Fsp3) is 0.278. The van der Waals surface area contributed by atoms with Crippen LogP contribution in [0.3, 0.4) is 0 Å². The lowest BCUT2D eigenvalue weighted by Crippen LogP contribution is -2.53. The summed E-state index contributed by atoms with van der Waals surface area (Å²) in [5.74, 6) is -0.413. The number of carbonyl (C=O) groups is 2. The van der Waals surface area contributed by atoms with Crippen LogP contribution < -0.4 is 14.4 Å². The molecule has 0 aliphatic heterocycles. The van der Waals surface area contributed by atoms with Crippen LogP contribution >= 0.6 is 11.6 Å². The van der Waals surface area contributed by atoms with Crippen molar-refractivity contribution in [3.05, 3.63) is 125 Å². The van der Waals surface area contributed by atoms with Crippen LogP contribution in [-0.2, 0) is 32.6 Å². The zero-order chi connectivity index (χ0) is 33.3. The average Bonchev–Trinajstić information content (AvgIpc) is 3.05. The molecule has 0 spiro atoms. The number of aryl methyl sites for hydroxylation is 1. The summed E-state index contributed by atoms with van der Waals surface area (Å²) in [6.07, 6.45) is 0.225. The topological polar surface area (TPSA) is 96.0 Å². The van der Waals surface area contributed by atoms with Gasteiger partial charge in [-0.15, -0.1) is 0 Å². The Labute approximate surface area is 277 Å². The van der Waals surface area contributed by atoms with Crippen molar-refractivity contribution in [3.8, 4) is 5.75 Å². The zero-order valence-corrected chi connectivity index (χ0v) is 28.1. The van der Waals surface area contributed by atoms with Crippen LogP contribution in [0.15, 0.2) is 108 Å². The van der Waals surface area contributed by atoms with Gasteiger partial charge in [-0.25, -0.2) is 8.42 Å². The van der Waals surface area contributed by atoms with Crippen molar-refractivity contribution in [1.82, 2.24) is 10.2 Å². The Balaban J connectivity index is 1.83. The van der Waals surface area contributed by atoms with Gasteiger partial charge in [0, 0.05) is 24.5 Å². The highest BCUT2D eigenvalue weighted by atomic mass is 35.5. The molecule has 8 nitrogen and oxygen atoms in total. The van der Waals surface area contributed by atoms with Gasteiger partial charge in [0.05, 0.1) is 17.7 Å². The number of methoxy groups -OCH3 is 1. The minimum Gasteiger partial charge on any atom is -0.495 e. The lowest BCUT2D eigenvalue weighted by atomic mass is 10.0. The van der Waals surface area contributed by atoms with Gasteiger partial charge in [-0.05, 0) is 65.9 Å². The molecule has 242 valence electrons. The number of benzene rings is 4. The van der Waals surface area contributed by atoms with Gasteiger partial charge in [0.2, 0.25) is 11.8 Å². The lowest BCUT2D eigenvalue weighted by Gasteiger charge is -2.34. The number of hydrogen-bond acceptors (Lipinski definition) is 5. The number of carbonyl (C=O) groups excluding carboxylic acids is 2. The number of halogens is 1. The van der Waals surface area contributed by atoms with Gasteiger partial charge in [0.25, 0.3) is 10.0 Å². The number of nitrogens with one attached hydrogen (secondary N) is 1. The molecule has 0 aromatic heterocycles.